The molecule has 0 bridgehead atoms. The van der Waals surface area contributed by atoms with E-state index < -0.39 is 0 Å². The molecule has 1 amide bonds. The van der Waals surface area contributed by atoms with Gasteiger partial charge in [0.1, 0.15) is 5.75 Å². The third-order valence-electron chi connectivity index (χ3n) is 4.88. The van der Waals surface area contributed by atoms with Crippen molar-refractivity contribution in [2.75, 3.05) is 33.3 Å². The summed E-state index contributed by atoms with van der Waals surface area (Å²) >= 11 is 0. The number of rotatable bonds is 9. The van der Waals surface area contributed by atoms with Gasteiger partial charge in [-0.25, -0.2) is 0 Å². The number of nitrogens with one attached hydrogen (secondary N) is 1. The van der Waals surface area contributed by atoms with Gasteiger partial charge in [-0.1, -0.05) is 12.1 Å². The second-order valence-corrected chi connectivity index (χ2v) is 7.00. The van der Waals surface area contributed by atoms with Gasteiger partial charge in [0.25, 0.3) is 0 Å². The molecule has 0 spiro atoms. The molecule has 1 aromatic carbocycles. The molecule has 0 saturated carbocycles. The molecule has 1 aliphatic rings. The molecule has 3 rings (SSSR count). The van der Waals surface area contributed by atoms with Crippen molar-refractivity contribution in [1.29, 1.82) is 0 Å². The highest BCUT2D eigenvalue weighted by Crippen LogP contribution is 2.20. The second-order valence-electron chi connectivity index (χ2n) is 7.00. The maximum Gasteiger partial charge on any atom is 0.227 e. The van der Waals surface area contributed by atoms with E-state index in [1.807, 2.05) is 24.3 Å². The fourth-order valence-electron chi connectivity index (χ4n) is 3.38. The lowest BCUT2D eigenvalue weighted by atomic mass is 10.1. The molecular formula is C20H28N4O3. The van der Waals surface area contributed by atoms with Crippen LogP contribution in [-0.4, -0.2) is 54.2 Å². The Hall–Kier alpha value is -2.41. The number of ether oxygens (including phenoxy) is 1. The largest absolute Gasteiger partial charge is 0.497 e. The lowest BCUT2D eigenvalue weighted by Crippen LogP contribution is -2.31. The Morgan fingerprint density at radius 2 is 2.19 bits per heavy atom. The van der Waals surface area contributed by atoms with E-state index >= 15 is 0 Å². The van der Waals surface area contributed by atoms with Crippen LogP contribution in [0.2, 0.25) is 0 Å². The Balaban J connectivity index is 1.41. The van der Waals surface area contributed by atoms with Crippen molar-refractivity contribution in [3.8, 4) is 17.1 Å². The molecule has 7 heteroatoms. The van der Waals surface area contributed by atoms with Gasteiger partial charge in [0, 0.05) is 31.5 Å². The summed E-state index contributed by atoms with van der Waals surface area (Å²) in [5.74, 6) is 2.37. The molecule has 1 fully saturated rings. The molecular weight excluding hydrogens is 344 g/mol. The van der Waals surface area contributed by atoms with Gasteiger partial charge in [-0.3, -0.25) is 4.79 Å². The number of aromatic nitrogens is 2. The number of hydrogen-bond donors (Lipinski definition) is 1. The minimum atomic E-state index is 0.0353. The molecule has 27 heavy (non-hydrogen) atoms. The van der Waals surface area contributed by atoms with Crippen molar-refractivity contribution in [2.24, 2.45) is 5.92 Å². The first kappa shape index (κ1) is 19.4. The molecule has 1 N–H and O–H groups in total. The van der Waals surface area contributed by atoms with E-state index in [1.165, 1.54) is 6.42 Å². The zero-order chi connectivity index (χ0) is 19.1. The number of amides is 1. The lowest BCUT2D eigenvalue weighted by molar-refractivity contribution is -0.121. The summed E-state index contributed by atoms with van der Waals surface area (Å²) in [5, 5.41) is 7.03. The minimum absolute atomic E-state index is 0.0353. The summed E-state index contributed by atoms with van der Waals surface area (Å²) in [6.45, 7) is 6.33. The standard InChI is InChI=1S/C20H28N4O3/c1-3-11-24-12-10-15(14-24)13-21-18(25)8-9-19-22-20(23-27-19)16-4-6-17(26-2)7-5-16/h4-7,15H,3,8-14H2,1-2H3,(H,21,25)/t15-/m1/s1. The molecule has 1 aromatic heterocycles. The van der Waals surface area contributed by atoms with Crippen LogP contribution in [0.3, 0.4) is 0 Å². The predicted octanol–water partition coefficient (Wildman–Crippen LogP) is 2.53. The first-order valence-corrected chi connectivity index (χ1v) is 9.64. The monoisotopic (exact) mass is 372 g/mol. The highest BCUT2D eigenvalue weighted by atomic mass is 16.5. The van der Waals surface area contributed by atoms with Gasteiger partial charge in [0.05, 0.1) is 7.11 Å². The summed E-state index contributed by atoms with van der Waals surface area (Å²) in [4.78, 5) is 18.9. The number of likely N-dealkylation sites (tertiary alicyclic amines) is 1. The van der Waals surface area contributed by atoms with Crippen LogP contribution in [0.1, 0.15) is 32.1 Å². The van der Waals surface area contributed by atoms with Crippen molar-refractivity contribution in [2.45, 2.75) is 32.6 Å². The SMILES string of the molecule is CCCN1CC[C@H](CNC(=O)CCc2nc(-c3ccc(OC)cc3)no2)C1. The predicted molar refractivity (Wildman–Crippen MR) is 102 cm³/mol. The Morgan fingerprint density at radius 1 is 1.37 bits per heavy atom. The minimum Gasteiger partial charge on any atom is -0.497 e. The molecule has 0 radical (unpaired) electrons. The van der Waals surface area contributed by atoms with Gasteiger partial charge in [-0.15, -0.1) is 0 Å². The molecule has 0 unspecified atom stereocenters. The first-order valence-electron chi connectivity index (χ1n) is 9.64. The molecule has 2 heterocycles. The Labute approximate surface area is 160 Å². The van der Waals surface area contributed by atoms with E-state index in [0.29, 0.717) is 30.5 Å². The first-order chi connectivity index (χ1) is 13.2. The quantitative estimate of drug-likeness (QED) is 0.729. The van der Waals surface area contributed by atoms with Crippen molar-refractivity contribution in [3.05, 3.63) is 30.2 Å². The van der Waals surface area contributed by atoms with Gasteiger partial charge in [0.15, 0.2) is 0 Å². The van der Waals surface area contributed by atoms with Crippen molar-refractivity contribution in [1.82, 2.24) is 20.4 Å². The third kappa shape index (κ3) is 5.53. The van der Waals surface area contributed by atoms with Crippen LogP contribution in [0.15, 0.2) is 28.8 Å². The van der Waals surface area contributed by atoms with Crippen LogP contribution in [0.5, 0.6) is 5.75 Å². The fourth-order valence-corrected chi connectivity index (χ4v) is 3.38. The maximum absolute atomic E-state index is 12.1. The van der Waals surface area contributed by atoms with Gasteiger partial charge in [-0.2, -0.15) is 4.98 Å². The molecule has 7 nitrogen and oxygen atoms in total. The smallest absolute Gasteiger partial charge is 0.227 e. The lowest BCUT2D eigenvalue weighted by Gasteiger charge is -2.14. The maximum atomic E-state index is 12.1. The summed E-state index contributed by atoms with van der Waals surface area (Å²) in [6, 6.07) is 7.46. The summed E-state index contributed by atoms with van der Waals surface area (Å²) in [5.41, 5.74) is 0.855. The molecule has 0 aliphatic carbocycles. The zero-order valence-electron chi connectivity index (χ0n) is 16.1. The molecule has 1 saturated heterocycles. The average Bonchev–Trinajstić information content (AvgIpc) is 3.35. The third-order valence-corrected chi connectivity index (χ3v) is 4.88. The van der Waals surface area contributed by atoms with Crippen LogP contribution in [0, 0.1) is 5.92 Å². The highest BCUT2D eigenvalue weighted by Gasteiger charge is 2.22. The summed E-state index contributed by atoms with van der Waals surface area (Å²) < 4.78 is 10.4. The highest BCUT2D eigenvalue weighted by molar-refractivity contribution is 5.76. The molecule has 2 aromatic rings. The molecule has 1 atom stereocenters. The van der Waals surface area contributed by atoms with E-state index in [1.54, 1.807) is 7.11 Å². The van der Waals surface area contributed by atoms with Gasteiger partial charge >= 0.3 is 0 Å². The van der Waals surface area contributed by atoms with Crippen LogP contribution in [-0.2, 0) is 11.2 Å². The summed E-state index contributed by atoms with van der Waals surface area (Å²) in [7, 11) is 1.63. The van der Waals surface area contributed by atoms with Crippen LogP contribution >= 0.6 is 0 Å². The van der Waals surface area contributed by atoms with E-state index in [0.717, 1.165) is 43.9 Å². The van der Waals surface area contributed by atoms with Crippen molar-refractivity contribution in [3.63, 3.8) is 0 Å². The molecule has 146 valence electrons. The van der Waals surface area contributed by atoms with Crippen molar-refractivity contribution < 1.29 is 14.1 Å². The number of hydrogen-bond acceptors (Lipinski definition) is 6. The number of aryl methyl sites for hydroxylation is 1. The topological polar surface area (TPSA) is 80.5 Å². The number of methoxy groups -OCH3 is 1. The fraction of sp³-hybridized carbons (Fsp3) is 0.550. The van der Waals surface area contributed by atoms with Crippen LogP contribution in [0.4, 0.5) is 0 Å². The van der Waals surface area contributed by atoms with E-state index in [-0.39, 0.29) is 5.91 Å². The van der Waals surface area contributed by atoms with Crippen molar-refractivity contribution >= 4 is 5.91 Å². The normalized spacial score (nSPS) is 17.2. The second kappa shape index (κ2) is 9.50. The number of nitrogens with zero attached hydrogens (tertiary/aromatic N) is 3. The van der Waals surface area contributed by atoms with Crippen LogP contribution in [0.25, 0.3) is 11.4 Å². The summed E-state index contributed by atoms with van der Waals surface area (Å²) in [6.07, 6.45) is 3.15. The Morgan fingerprint density at radius 3 is 2.93 bits per heavy atom. The van der Waals surface area contributed by atoms with Crippen LogP contribution < -0.4 is 10.1 Å². The number of benzene rings is 1. The van der Waals surface area contributed by atoms with Gasteiger partial charge < -0.3 is 19.5 Å². The number of carbonyl (C=O) groups is 1. The zero-order valence-corrected chi connectivity index (χ0v) is 16.1. The van der Waals surface area contributed by atoms with Gasteiger partial charge in [-0.05, 0) is 56.1 Å². The Kier molecular flexibility index (Phi) is 6.81. The van der Waals surface area contributed by atoms with E-state index in [2.05, 4.69) is 27.3 Å². The van der Waals surface area contributed by atoms with E-state index in [4.69, 9.17) is 9.26 Å². The van der Waals surface area contributed by atoms with E-state index in [9.17, 15) is 4.79 Å². The molecule has 1 aliphatic heterocycles. The Bertz CT molecular complexity index is 729. The number of carbonyl (C=O) groups excluding carboxylic acids is 1. The average molecular weight is 372 g/mol. The van der Waals surface area contributed by atoms with Gasteiger partial charge in [0.2, 0.25) is 17.6 Å².